The van der Waals surface area contributed by atoms with Gasteiger partial charge in [-0.1, -0.05) is 63.2 Å². The number of alkyl halides is 3. The van der Waals surface area contributed by atoms with Crippen LogP contribution >= 0.6 is 0 Å². The van der Waals surface area contributed by atoms with Gasteiger partial charge in [0.1, 0.15) is 0 Å². The van der Waals surface area contributed by atoms with Crippen LogP contribution in [0.5, 0.6) is 0 Å². The zero-order chi connectivity index (χ0) is 23.0. The van der Waals surface area contributed by atoms with E-state index in [1.54, 1.807) is 0 Å². The molecule has 0 saturated carbocycles. The molecule has 0 radical (unpaired) electrons. The number of sulfone groups is 1. The van der Waals surface area contributed by atoms with Crippen molar-refractivity contribution in [3.8, 4) is 0 Å². The summed E-state index contributed by atoms with van der Waals surface area (Å²) in [4.78, 5) is 3.94. The van der Waals surface area contributed by atoms with Gasteiger partial charge in [-0.15, -0.1) is 0 Å². The second kappa shape index (κ2) is 8.56. The lowest BCUT2D eigenvalue weighted by molar-refractivity contribution is -0.0436. The van der Waals surface area contributed by atoms with Gasteiger partial charge in [-0.2, -0.15) is 13.2 Å². The van der Waals surface area contributed by atoms with E-state index in [1.807, 2.05) is 30.3 Å². The van der Waals surface area contributed by atoms with Crippen molar-refractivity contribution in [3.05, 3.63) is 65.7 Å². The number of piperazine rings is 1. The summed E-state index contributed by atoms with van der Waals surface area (Å²) >= 11 is 0. The molecule has 2 unspecified atom stereocenters. The lowest BCUT2D eigenvalue weighted by atomic mass is 9.83. The second-order valence-electron chi connectivity index (χ2n) is 9.19. The first-order chi connectivity index (χ1) is 14.3. The zero-order valence-electron chi connectivity index (χ0n) is 18.2. The molecule has 4 nitrogen and oxygen atoms in total. The lowest BCUT2D eigenvalue weighted by Gasteiger charge is -2.48. The SMILES string of the molecule is CN1CCN(C(c2ccccc2)c2ccc(S(=O)(=O)C(F)(F)F)cc2)CC1C(C)(C)C. The first-order valence-electron chi connectivity index (χ1n) is 10.2. The number of hydrogen-bond donors (Lipinski definition) is 0. The van der Waals surface area contributed by atoms with Crippen LogP contribution in [-0.4, -0.2) is 56.4 Å². The molecule has 0 N–H and O–H groups in total. The number of benzene rings is 2. The first kappa shape index (κ1) is 23.8. The van der Waals surface area contributed by atoms with Gasteiger partial charge in [0.05, 0.1) is 10.9 Å². The van der Waals surface area contributed by atoms with Gasteiger partial charge in [0.15, 0.2) is 0 Å². The maximum atomic E-state index is 12.9. The van der Waals surface area contributed by atoms with Crippen LogP contribution in [0, 0.1) is 5.41 Å². The maximum Gasteiger partial charge on any atom is 0.501 e. The van der Waals surface area contributed by atoms with Gasteiger partial charge in [-0.05, 0) is 35.7 Å². The molecule has 8 heteroatoms. The molecule has 0 aromatic heterocycles. The molecule has 2 aromatic rings. The van der Waals surface area contributed by atoms with Crippen molar-refractivity contribution in [1.29, 1.82) is 0 Å². The molecule has 0 spiro atoms. The van der Waals surface area contributed by atoms with Crippen LogP contribution in [0.25, 0.3) is 0 Å². The highest BCUT2D eigenvalue weighted by Gasteiger charge is 2.47. The number of rotatable bonds is 4. The number of halogens is 3. The highest BCUT2D eigenvalue weighted by molar-refractivity contribution is 7.92. The van der Waals surface area contributed by atoms with E-state index < -0.39 is 20.2 Å². The Labute approximate surface area is 182 Å². The van der Waals surface area contributed by atoms with E-state index in [9.17, 15) is 21.6 Å². The van der Waals surface area contributed by atoms with Gasteiger partial charge in [0, 0.05) is 25.7 Å². The Bertz CT molecular complexity index is 984. The summed E-state index contributed by atoms with van der Waals surface area (Å²) in [5.41, 5.74) is -3.47. The fourth-order valence-electron chi connectivity index (χ4n) is 4.28. The van der Waals surface area contributed by atoms with Crippen molar-refractivity contribution < 1.29 is 21.6 Å². The lowest BCUT2D eigenvalue weighted by Crippen LogP contribution is -2.57. The van der Waals surface area contributed by atoms with Crippen LogP contribution in [0.3, 0.4) is 0 Å². The van der Waals surface area contributed by atoms with Gasteiger partial charge in [0.2, 0.25) is 0 Å². The van der Waals surface area contributed by atoms with Crippen molar-refractivity contribution >= 4 is 9.84 Å². The quantitative estimate of drug-likeness (QED) is 0.670. The molecule has 170 valence electrons. The molecule has 0 amide bonds. The van der Waals surface area contributed by atoms with E-state index in [-0.39, 0.29) is 11.5 Å². The van der Waals surface area contributed by atoms with Crippen molar-refractivity contribution in [2.24, 2.45) is 5.41 Å². The summed E-state index contributed by atoms with van der Waals surface area (Å²) < 4.78 is 62.3. The Hall–Kier alpha value is -1.90. The third kappa shape index (κ3) is 4.96. The first-order valence-corrected chi connectivity index (χ1v) is 11.7. The fourth-order valence-corrected chi connectivity index (χ4v) is 5.04. The monoisotopic (exact) mass is 454 g/mol. The molecular weight excluding hydrogens is 425 g/mol. The van der Waals surface area contributed by atoms with Crippen LogP contribution in [0.15, 0.2) is 59.5 Å². The third-order valence-electron chi connectivity index (χ3n) is 5.97. The summed E-state index contributed by atoms with van der Waals surface area (Å²) in [5.74, 6) is 0. The Morgan fingerprint density at radius 3 is 1.97 bits per heavy atom. The molecule has 1 aliphatic heterocycles. The van der Waals surface area contributed by atoms with E-state index in [1.165, 1.54) is 12.1 Å². The number of nitrogens with zero attached hydrogens (tertiary/aromatic N) is 2. The summed E-state index contributed by atoms with van der Waals surface area (Å²) in [6.45, 7) is 9.06. The van der Waals surface area contributed by atoms with E-state index in [4.69, 9.17) is 0 Å². The molecule has 0 aliphatic carbocycles. The second-order valence-corrected chi connectivity index (χ2v) is 11.1. The summed E-state index contributed by atoms with van der Waals surface area (Å²) in [6.07, 6.45) is 0. The van der Waals surface area contributed by atoms with Gasteiger partial charge >= 0.3 is 5.51 Å². The maximum absolute atomic E-state index is 12.9. The molecule has 31 heavy (non-hydrogen) atoms. The molecule has 1 saturated heterocycles. The van der Waals surface area contributed by atoms with Crippen molar-refractivity contribution in [2.45, 2.75) is 43.3 Å². The molecule has 3 rings (SSSR count). The van der Waals surface area contributed by atoms with Gasteiger partial charge in [0.25, 0.3) is 9.84 Å². The molecular formula is C23H29F3N2O2S. The molecule has 1 fully saturated rings. The summed E-state index contributed by atoms with van der Waals surface area (Å²) in [5, 5.41) is 0. The minimum Gasteiger partial charge on any atom is -0.300 e. The Morgan fingerprint density at radius 2 is 1.45 bits per heavy atom. The van der Waals surface area contributed by atoms with Crippen LogP contribution in [0.2, 0.25) is 0 Å². The Kier molecular flexibility index (Phi) is 6.56. The standard InChI is InChI=1S/C23H29F3N2O2S/c1-22(2,3)20-16-28(15-14-27(20)4)21(17-8-6-5-7-9-17)18-10-12-19(13-11-18)31(29,30)23(24,25)26/h5-13,20-21H,14-16H2,1-4H3. The smallest absolute Gasteiger partial charge is 0.300 e. The van der Waals surface area contributed by atoms with E-state index in [0.29, 0.717) is 6.04 Å². The molecule has 2 aromatic carbocycles. The van der Waals surface area contributed by atoms with Crippen molar-refractivity contribution in [2.75, 3.05) is 26.7 Å². The highest BCUT2D eigenvalue weighted by Crippen LogP contribution is 2.36. The van der Waals surface area contributed by atoms with E-state index in [0.717, 1.165) is 42.9 Å². The Morgan fingerprint density at radius 1 is 0.903 bits per heavy atom. The minimum atomic E-state index is -5.36. The van der Waals surface area contributed by atoms with Crippen LogP contribution in [0.4, 0.5) is 13.2 Å². The van der Waals surface area contributed by atoms with Gasteiger partial charge in [-0.3, -0.25) is 4.90 Å². The van der Waals surface area contributed by atoms with Crippen LogP contribution in [0.1, 0.15) is 37.9 Å². The topological polar surface area (TPSA) is 40.6 Å². The van der Waals surface area contributed by atoms with Crippen molar-refractivity contribution in [3.63, 3.8) is 0 Å². The van der Waals surface area contributed by atoms with Gasteiger partial charge < -0.3 is 4.90 Å². The molecule has 1 heterocycles. The average molecular weight is 455 g/mol. The number of hydrogen-bond acceptors (Lipinski definition) is 4. The third-order valence-corrected chi connectivity index (χ3v) is 7.47. The zero-order valence-corrected chi connectivity index (χ0v) is 19.0. The molecule has 2 atom stereocenters. The fraction of sp³-hybridized carbons (Fsp3) is 0.478. The molecule has 1 aliphatic rings. The largest absolute Gasteiger partial charge is 0.501 e. The average Bonchev–Trinajstić information content (AvgIpc) is 2.69. The number of likely N-dealkylation sites (N-methyl/N-ethyl adjacent to an activating group) is 1. The van der Waals surface area contributed by atoms with E-state index in [2.05, 4.69) is 37.6 Å². The van der Waals surface area contributed by atoms with Gasteiger partial charge in [-0.25, -0.2) is 8.42 Å². The summed E-state index contributed by atoms with van der Waals surface area (Å²) in [6, 6.07) is 15.0. The summed E-state index contributed by atoms with van der Waals surface area (Å²) in [7, 11) is -3.25. The molecule has 0 bridgehead atoms. The predicted octanol–water partition coefficient (Wildman–Crippen LogP) is 4.73. The normalized spacial score (nSPS) is 20.5. The predicted molar refractivity (Wildman–Crippen MR) is 115 cm³/mol. The van der Waals surface area contributed by atoms with Crippen LogP contribution < -0.4 is 0 Å². The Balaban J connectivity index is 2.00. The van der Waals surface area contributed by atoms with E-state index >= 15 is 0 Å². The van der Waals surface area contributed by atoms with Crippen LogP contribution in [-0.2, 0) is 9.84 Å². The minimum absolute atomic E-state index is 0.0549. The highest BCUT2D eigenvalue weighted by atomic mass is 32.2. The van der Waals surface area contributed by atoms with Crippen molar-refractivity contribution in [1.82, 2.24) is 9.80 Å².